The monoisotopic (exact) mass is 545 g/mol. The summed E-state index contributed by atoms with van der Waals surface area (Å²) in [5, 5.41) is 11.2. The van der Waals surface area contributed by atoms with Crippen molar-refractivity contribution in [2.45, 2.75) is 40.2 Å². The molecular formula is C32H43N5O3. The Hall–Kier alpha value is -3.59. The highest BCUT2D eigenvalue weighted by molar-refractivity contribution is 6.04. The van der Waals surface area contributed by atoms with Crippen LogP contribution in [-0.4, -0.2) is 55.9 Å². The van der Waals surface area contributed by atoms with E-state index in [1.54, 1.807) is 0 Å². The van der Waals surface area contributed by atoms with Crippen molar-refractivity contribution in [3.63, 3.8) is 0 Å². The number of aryl methyl sites for hydroxylation is 1. The van der Waals surface area contributed by atoms with Gasteiger partial charge in [0.2, 0.25) is 0 Å². The number of nitrogens with zero attached hydrogens (tertiary/aromatic N) is 1. The molecule has 3 aromatic rings. The van der Waals surface area contributed by atoms with Gasteiger partial charge in [-0.25, -0.2) is 4.79 Å². The second kappa shape index (κ2) is 12.7. The number of hydrogen-bond donors (Lipinski definition) is 4. The standard InChI is InChI=1S/C32H43N5O3/c1-23-10-12-24(13-11-23)34-29(22-32(5,33)31(2,3)4)36-30(38)35-27-14-15-28(26-9-7-6-8-25(26)27)40-21-18-37-16-19-39-20-17-37/h6-15,22,34H,16-21,33H2,1-5H3,(H2,35,36,38)/b29-22+. The first kappa shape index (κ1) is 29.4. The average molecular weight is 546 g/mol. The summed E-state index contributed by atoms with van der Waals surface area (Å²) in [6.45, 7) is 15.0. The summed E-state index contributed by atoms with van der Waals surface area (Å²) < 4.78 is 11.6. The molecule has 0 aliphatic carbocycles. The number of hydrogen-bond acceptors (Lipinski definition) is 6. The van der Waals surface area contributed by atoms with Crippen LogP contribution in [-0.2, 0) is 4.74 Å². The van der Waals surface area contributed by atoms with Crippen molar-refractivity contribution < 1.29 is 14.3 Å². The van der Waals surface area contributed by atoms with Crippen LogP contribution in [0.3, 0.4) is 0 Å². The van der Waals surface area contributed by atoms with Gasteiger partial charge in [0.05, 0.1) is 18.9 Å². The van der Waals surface area contributed by atoms with Crippen molar-refractivity contribution >= 4 is 28.2 Å². The molecule has 0 spiro atoms. The normalized spacial score (nSPS) is 16.3. The Kier molecular flexibility index (Phi) is 9.35. The van der Waals surface area contributed by atoms with Crippen molar-refractivity contribution in [2.24, 2.45) is 11.1 Å². The number of nitrogens with two attached hydrogens (primary N) is 1. The Bertz CT molecular complexity index is 1320. The SMILES string of the molecule is Cc1ccc(N/C(=C\C(C)(N)C(C)(C)C)NC(=O)Nc2ccc(OCCN3CCOCC3)c3ccccc23)cc1. The number of benzene rings is 3. The molecule has 1 heterocycles. The zero-order chi connectivity index (χ0) is 28.8. The molecular weight excluding hydrogens is 502 g/mol. The van der Waals surface area contributed by atoms with Gasteiger partial charge >= 0.3 is 6.03 Å². The van der Waals surface area contributed by atoms with Crippen LogP contribution in [0, 0.1) is 12.3 Å². The molecule has 2 amide bonds. The van der Waals surface area contributed by atoms with Crippen molar-refractivity contribution in [3.05, 3.63) is 78.1 Å². The van der Waals surface area contributed by atoms with Crippen molar-refractivity contribution in [3.8, 4) is 5.75 Å². The van der Waals surface area contributed by atoms with Crippen LogP contribution >= 0.6 is 0 Å². The third-order valence-electron chi connectivity index (χ3n) is 7.54. The van der Waals surface area contributed by atoms with Crippen molar-refractivity contribution in [1.29, 1.82) is 0 Å². The molecule has 8 nitrogen and oxygen atoms in total. The first-order chi connectivity index (χ1) is 19.0. The Morgan fingerprint density at radius 1 is 0.975 bits per heavy atom. The van der Waals surface area contributed by atoms with Gasteiger partial charge in [-0.3, -0.25) is 10.2 Å². The summed E-state index contributed by atoms with van der Waals surface area (Å²) in [4.78, 5) is 15.6. The van der Waals surface area contributed by atoms with Crippen LogP contribution in [0.1, 0.15) is 33.3 Å². The average Bonchev–Trinajstić information content (AvgIpc) is 2.91. The molecule has 1 fully saturated rings. The highest BCUT2D eigenvalue weighted by atomic mass is 16.5. The number of nitrogens with one attached hydrogen (secondary N) is 3. The summed E-state index contributed by atoms with van der Waals surface area (Å²) in [6, 6.07) is 19.3. The van der Waals surface area contributed by atoms with Gasteiger partial charge in [0, 0.05) is 41.6 Å². The number of urea groups is 1. The van der Waals surface area contributed by atoms with Gasteiger partial charge in [-0.05, 0) is 49.6 Å². The summed E-state index contributed by atoms with van der Waals surface area (Å²) in [5.41, 5.74) is 8.43. The molecule has 40 heavy (non-hydrogen) atoms. The number of amides is 2. The third kappa shape index (κ3) is 7.75. The predicted molar refractivity (Wildman–Crippen MR) is 164 cm³/mol. The van der Waals surface area contributed by atoms with Gasteiger partial charge in [0.25, 0.3) is 0 Å². The minimum atomic E-state index is -0.694. The lowest BCUT2D eigenvalue weighted by atomic mass is 9.75. The Labute approximate surface area is 237 Å². The number of fused-ring (bicyclic) bond motifs is 1. The molecule has 1 atom stereocenters. The van der Waals surface area contributed by atoms with Crippen LogP contribution in [0.2, 0.25) is 0 Å². The van der Waals surface area contributed by atoms with Crippen LogP contribution in [0.25, 0.3) is 10.8 Å². The van der Waals surface area contributed by atoms with Crippen LogP contribution in [0.5, 0.6) is 5.75 Å². The van der Waals surface area contributed by atoms with Gasteiger partial charge in [-0.1, -0.05) is 62.7 Å². The molecule has 0 aromatic heterocycles. The molecule has 0 radical (unpaired) electrons. The first-order valence-electron chi connectivity index (χ1n) is 13.9. The van der Waals surface area contributed by atoms with Gasteiger partial charge in [0.15, 0.2) is 0 Å². The molecule has 0 saturated carbocycles. The van der Waals surface area contributed by atoms with E-state index in [-0.39, 0.29) is 11.4 Å². The van der Waals surface area contributed by atoms with E-state index in [9.17, 15) is 4.79 Å². The maximum Gasteiger partial charge on any atom is 0.324 e. The largest absolute Gasteiger partial charge is 0.492 e. The van der Waals surface area contributed by atoms with Gasteiger partial charge in [-0.2, -0.15) is 0 Å². The van der Waals surface area contributed by atoms with E-state index in [0.29, 0.717) is 18.1 Å². The van der Waals surface area contributed by atoms with Crippen LogP contribution < -0.4 is 26.4 Å². The number of ether oxygens (including phenoxy) is 2. The first-order valence-corrected chi connectivity index (χ1v) is 13.9. The maximum atomic E-state index is 13.3. The summed E-state index contributed by atoms with van der Waals surface area (Å²) in [7, 11) is 0. The van der Waals surface area contributed by atoms with E-state index >= 15 is 0 Å². The minimum Gasteiger partial charge on any atom is -0.492 e. The Balaban J connectivity index is 1.50. The van der Waals surface area contributed by atoms with E-state index in [1.165, 1.54) is 0 Å². The van der Waals surface area contributed by atoms with E-state index in [1.807, 2.05) is 80.6 Å². The molecule has 1 aliphatic rings. The van der Waals surface area contributed by atoms with E-state index in [0.717, 1.165) is 60.6 Å². The summed E-state index contributed by atoms with van der Waals surface area (Å²) in [6.07, 6.45) is 1.87. The fraction of sp³-hybridized carbons (Fsp3) is 0.406. The number of anilines is 2. The second-order valence-corrected chi connectivity index (χ2v) is 11.6. The van der Waals surface area contributed by atoms with E-state index in [4.69, 9.17) is 15.2 Å². The van der Waals surface area contributed by atoms with Crippen molar-refractivity contribution in [1.82, 2.24) is 10.2 Å². The minimum absolute atomic E-state index is 0.237. The Morgan fingerprint density at radius 3 is 2.33 bits per heavy atom. The highest BCUT2D eigenvalue weighted by Gasteiger charge is 2.32. The van der Waals surface area contributed by atoms with E-state index in [2.05, 4.69) is 41.6 Å². The van der Waals surface area contributed by atoms with Crippen LogP contribution in [0.15, 0.2) is 72.6 Å². The fourth-order valence-electron chi connectivity index (χ4n) is 4.30. The zero-order valence-corrected chi connectivity index (χ0v) is 24.3. The molecule has 1 aliphatic heterocycles. The zero-order valence-electron chi connectivity index (χ0n) is 24.3. The van der Waals surface area contributed by atoms with Crippen molar-refractivity contribution in [2.75, 3.05) is 50.1 Å². The Morgan fingerprint density at radius 2 is 1.65 bits per heavy atom. The molecule has 3 aromatic carbocycles. The highest BCUT2D eigenvalue weighted by Crippen LogP contribution is 2.32. The van der Waals surface area contributed by atoms with Gasteiger partial charge in [-0.15, -0.1) is 0 Å². The smallest absolute Gasteiger partial charge is 0.324 e. The third-order valence-corrected chi connectivity index (χ3v) is 7.54. The lowest BCUT2D eigenvalue weighted by Crippen LogP contribution is -2.48. The molecule has 4 rings (SSSR count). The van der Waals surface area contributed by atoms with Gasteiger partial charge < -0.3 is 25.8 Å². The predicted octanol–water partition coefficient (Wildman–Crippen LogP) is 5.70. The number of carbonyl (C=O) groups is 1. The summed E-state index contributed by atoms with van der Waals surface area (Å²) >= 11 is 0. The maximum absolute atomic E-state index is 13.3. The molecule has 8 heteroatoms. The fourth-order valence-corrected chi connectivity index (χ4v) is 4.30. The number of carbonyl (C=O) groups excluding carboxylic acids is 1. The number of morpholine rings is 1. The lowest BCUT2D eigenvalue weighted by molar-refractivity contribution is 0.0323. The number of rotatable bonds is 9. The molecule has 0 bridgehead atoms. The van der Waals surface area contributed by atoms with Gasteiger partial charge in [0.1, 0.15) is 18.2 Å². The van der Waals surface area contributed by atoms with E-state index < -0.39 is 5.54 Å². The lowest BCUT2D eigenvalue weighted by Gasteiger charge is -2.36. The molecule has 1 saturated heterocycles. The molecule has 5 N–H and O–H groups in total. The summed E-state index contributed by atoms with van der Waals surface area (Å²) in [5.74, 6) is 1.30. The molecule has 1 unspecified atom stereocenters. The second-order valence-electron chi connectivity index (χ2n) is 11.6. The van der Waals surface area contributed by atoms with Crippen LogP contribution in [0.4, 0.5) is 16.2 Å². The molecule has 214 valence electrons. The topological polar surface area (TPSA) is 101 Å². The quantitative estimate of drug-likeness (QED) is 0.275.